The summed E-state index contributed by atoms with van der Waals surface area (Å²) < 4.78 is 2.39. The lowest BCUT2D eigenvalue weighted by molar-refractivity contribution is -0.131. The average molecular weight is 247 g/mol. The Hall–Kier alpha value is -1.51. The summed E-state index contributed by atoms with van der Waals surface area (Å²) in [6.07, 6.45) is 9.37. The van der Waals surface area contributed by atoms with Crippen LogP contribution in [0.1, 0.15) is 55.1 Å². The highest BCUT2D eigenvalue weighted by molar-refractivity contribution is 5.85. The van der Waals surface area contributed by atoms with E-state index in [-0.39, 0.29) is 0 Å². The molecule has 0 bridgehead atoms. The van der Waals surface area contributed by atoms with Crippen LogP contribution in [0, 0.1) is 13.8 Å². The van der Waals surface area contributed by atoms with Crippen molar-refractivity contribution in [2.45, 2.75) is 52.0 Å². The summed E-state index contributed by atoms with van der Waals surface area (Å²) in [4.78, 5) is 10.6. The van der Waals surface area contributed by atoms with Crippen LogP contribution in [0.2, 0.25) is 0 Å². The highest BCUT2D eigenvalue weighted by Crippen LogP contribution is 2.32. The average Bonchev–Trinajstić information content (AvgIpc) is 2.63. The fourth-order valence-corrected chi connectivity index (χ4v) is 3.03. The third kappa shape index (κ3) is 2.66. The summed E-state index contributed by atoms with van der Waals surface area (Å²) in [5.41, 5.74) is 3.46. The summed E-state index contributed by atoms with van der Waals surface area (Å²) in [7, 11) is 0. The van der Waals surface area contributed by atoms with Gasteiger partial charge in [-0.15, -0.1) is 0 Å². The SMILES string of the molecule is Cc1cc(C=CC(=O)O)c(C)n1C1CCCCC1. The van der Waals surface area contributed by atoms with Crippen LogP contribution in [-0.4, -0.2) is 15.6 Å². The predicted molar refractivity (Wildman–Crippen MR) is 72.7 cm³/mol. The van der Waals surface area contributed by atoms with Crippen molar-refractivity contribution in [3.8, 4) is 0 Å². The van der Waals surface area contributed by atoms with E-state index in [1.807, 2.05) is 0 Å². The number of hydrogen-bond donors (Lipinski definition) is 1. The van der Waals surface area contributed by atoms with E-state index in [4.69, 9.17) is 5.11 Å². The second kappa shape index (κ2) is 5.42. The molecule has 1 saturated carbocycles. The molecule has 1 heterocycles. The first-order valence-electron chi connectivity index (χ1n) is 6.69. The van der Waals surface area contributed by atoms with Gasteiger partial charge in [-0.25, -0.2) is 4.79 Å². The Bertz CT molecular complexity index is 465. The Morgan fingerprint density at radius 3 is 2.61 bits per heavy atom. The molecule has 3 heteroatoms. The minimum atomic E-state index is -0.891. The van der Waals surface area contributed by atoms with Gasteiger partial charge in [0.15, 0.2) is 0 Å². The van der Waals surface area contributed by atoms with Crippen LogP contribution in [0.25, 0.3) is 6.08 Å². The van der Waals surface area contributed by atoms with Crippen molar-refractivity contribution in [2.24, 2.45) is 0 Å². The Morgan fingerprint density at radius 1 is 1.33 bits per heavy atom. The van der Waals surface area contributed by atoms with E-state index in [1.54, 1.807) is 6.08 Å². The first-order valence-corrected chi connectivity index (χ1v) is 6.69. The molecule has 0 aliphatic heterocycles. The molecule has 0 unspecified atom stereocenters. The fourth-order valence-electron chi connectivity index (χ4n) is 3.03. The molecular weight excluding hydrogens is 226 g/mol. The second-order valence-electron chi connectivity index (χ2n) is 5.16. The maximum absolute atomic E-state index is 10.6. The molecule has 1 fully saturated rings. The lowest BCUT2D eigenvalue weighted by Crippen LogP contribution is -2.15. The molecule has 0 aromatic carbocycles. The van der Waals surface area contributed by atoms with Gasteiger partial charge >= 0.3 is 5.97 Å². The molecule has 1 aliphatic rings. The van der Waals surface area contributed by atoms with Crippen molar-refractivity contribution in [3.05, 3.63) is 29.1 Å². The number of aliphatic carboxylic acids is 1. The molecule has 0 radical (unpaired) electrons. The Morgan fingerprint density at radius 2 is 2.00 bits per heavy atom. The number of aryl methyl sites for hydroxylation is 1. The van der Waals surface area contributed by atoms with Gasteiger partial charge in [-0.05, 0) is 44.4 Å². The predicted octanol–water partition coefficient (Wildman–Crippen LogP) is 3.71. The summed E-state index contributed by atoms with van der Waals surface area (Å²) in [5.74, 6) is -0.891. The van der Waals surface area contributed by atoms with E-state index in [1.165, 1.54) is 49.6 Å². The van der Waals surface area contributed by atoms with Crippen molar-refractivity contribution < 1.29 is 9.90 Å². The Balaban J connectivity index is 2.28. The maximum atomic E-state index is 10.6. The summed E-state index contributed by atoms with van der Waals surface area (Å²) in [6.45, 7) is 4.20. The van der Waals surface area contributed by atoms with Crippen molar-refractivity contribution in [1.82, 2.24) is 4.57 Å². The molecule has 2 rings (SSSR count). The van der Waals surface area contributed by atoms with Crippen molar-refractivity contribution >= 4 is 12.0 Å². The van der Waals surface area contributed by atoms with Gasteiger partial charge in [0.2, 0.25) is 0 Å². The zero-order valence-electron chi connectivity index (χ0n) is 11.1. The van der Waals surface area contributed by atoms with Gasteiger partial charge in [0.25, 0.3) is 0 Å². The second-order valence-corrected chi connectivity index (χ2v) is 5.16. The van der Waals surface area contributed by atoms with Gasteiger partial charge in [0, 0.05) is 23.5 Å². The van der Waals surface area contributed by atoms with Crippen molar-refractivity contribution in [3.63, 3.8) is 0 Å². The molecule has 0 atom stereocenters. The van der Waals surface area contributed by atoms with Crippen LogP contribution in [0.5, 0.6) is 0 Å². The molecular formula is C15H21NO2. The lowest BCUT2D eigenvalue weighted by Gasteiger charge is -2.26. The molecule has 1 aromatic heterocycles. The molecule has 1 aliphatic carbocycles. The van der Waals surface area contributed by atoms with Gasteiger partial charge < -0.3 is 9.67 Å². The third-order valence-corrected chi connectivity index (χ3v) is 3.87. The molecule has 1 aromatic rings. The van der Waals surface area contributed by atoms with Crippen LogP contribution in [0.15, 0.2) is 12.1 Å². The van der Waals surface area contributed by atoms with E-state index in [2.05, 4.69) is 24.5 Å². The molecule has 0 amide bonds. The molecule has 0 saturated heterocycles. The minimum Gasteiger partial charge on any atom is -0.478 e. The quantitative estimate of drug-likeness (QED) is 0.827. The third-order valence-electron chi connectivity index (χ3n) is 3.87. The van der Waals surface area contributed by atoms with E-state index in [0.717, 1.165) is 5.56 Å². The monoisotopic (exact) mass is 247 g/mol. The van der Waals surface area contributed by atoms with Gasteiger partial charge in [0.1, 0.15) is 0 Å². The highest BCUT2D eigenvalue weighted by atomic mass is 16.4. The fraction of sp³-hybridized carbons (Fsp3) is 0.533. The van der Waals surface area contributed by atoms with Gasteiger partial charge in [-0.1, -0.05) is 19.3 Å². The number of carboxylic acids is 1. The van der Waals surface area contributed by atoms with E-state index in [0.29, 0.717) is 6.04 Å². The summed E-state index contributed by atoms with van der Waals surface area (Å²) in [6, 6.07) is 2.69. The van der Waals surface area contributed by atoms with E-state index >= 15 is 0 Å². The van der Waals surface area contributed by atoms with Gasteiger partial charge in [-0.2, -0.15) is 0 Å². The Labute approximate surface area is 108 Å². The Kier molecular flexibility index (Phi) is 3.90. The topological polar surface area (TPSA) is 42.2 Å². The standard InChI is InChI=1S/C15H21NO2/c1-11-10-13(8-9-15(17)18)12(2)16(11)14-6-4-3-5-7-14/h8-10,14H,3-7H2,1-2H3,(H,17,18). The summed E-state index contributed by atoms with van der Waals surface area (Å²) in [5, 5.41) is 8.70. The van der Waals surface area contributed by atoms with Crippen LogP contribution >= 0.6 is 0 Å². The lowest BCUT2D eigenvalue weighted by atomic mass is 9.95. The molecule has 3 nitrogen and oxygen atoms in total. The van der Waals surface area contributed by atoms with Crippen LogP contribution < -0.4 is 0 Å². The van der Waals surface area contributed by atoms with Crippen LogP contribution in [0.3, 0.4) is 0 Å². The molecule has 98 valence electrons. The number of nitrogens with zero attached hydrogens (tertiary/aromatic N) is 1. The molecule has 0 spiro atoms. The van der Waals surface area contributed by atoms with Crippen molar-refractivity contribution in [2.75, 3.05) is 0 Å². The summed E-state index contributed by atoms with van der Waals surface area (Å²) >= 11 is 0. The number of carboxylic acid groups (broad SMARTS) is 1. The number of hydrogen-bond acceptors (Lipinski definition) is 1. The zero-order chi connectivity index (χ0) is 13.1. The first kappa shape index (κ1) is 12.9. The highest BCUT2D eigenvalue weighted by Gasteiger charge is 2.19. The number of carbonyl (C=O) groups is 1. The van der Waals surface area contributed by atoms with Crippen LogP contribution in [0.4, 0.5) is 0 Å². The van der Waals surface area contributed by atoms with E-state index < -0.39 is 5.97 Å². The normalized spacial score (nSPS) is 17.4. The zero-order valence-corrected chi connectivity index (χ0v) is 11.1. The van der Waals surface area contributed by atoms with Gasteiger partial charge in [-0.3, -0.25) is 0 Å². The van der Waals surface area contributed by atoms with Crippen LogP contribution in [-0.2, 0) is 4.79 Å². The number of rotatable bonds is 3. The first-order chi connectivity index (χ1) is 8.59. The molecule has 18 heavy (non-hydrogen) atoms. The minimum absolute atomic E-state index is 0.603. The smallest absolute Gasteiger partial charge is 0.328 e. The largest absolute Gasteiger partial charge is 0.478 e. The van der Waals surface area contributed by atoms with Gasteiger partial charge in [0.05, 0.1) is 0 Å². The van der Waals surface area contributed by atoms with E-state index in [9.17, 15) is 4.79 Å². The maximum Gasteiger partial charge on any atom is 0.328 e. The molecule has 1 N–H and O–H groups in total. The van der Waals surface area contributed by atoms with Crippen molar-refractivity contribution in [1.29, 1.82) is 0 Å². The number of aromatic nitrogens is 1.